The van der Waals surface area contributed by atoms with Crippen LogP contribution in [0.15, 0.2) is 66.2 Å². The number of nitrogens with two attached hydrogens (primary N) is 2. The zero-order valence-corrected chi connectivity index (χ0v) is 17.7. The van der Waals surface area contributed by atoms with Crippen LogP contribution in [0.3, 0.4) is 0 Å². The third-order valence-corrected chi connectivity index (χ3v) is 6.19. The van der Waals surface area contributed by atoms with Crippen LogP contribution in [0.1, 0.15) is 22.7 Å². The van der Waals surface area contributed by atoms with Gasteiger partial charge in [0.25, 0.3) is 6.02 Å². The van der Waals surface area contributed by atoms with Crippen LogP contribution in [0.25, 0.3) is 10.9 Å². The zero-order valence-electron chi connectivity index (χ0n) is 17.7. The van der Waals surface area contributed by atoms with Gasteiger partial charge in [0.1, 0.15) is 23.6 Å². The van der Waals surface area contributed by atoms with E-state index in [1.807, 2.05) is 30.3 Å². The van der Waals surface area contributed by atoms with Gasteiger partial charge in [-0.05, 0) is 36.4 Å². The lowest BCUT2D eigenvalue weighted by Crippen LogP contribution is -2.45. The van der Waals surface area contributed by atoms with Gasteiger partial charge in [-0.1, -0.05) is 0 Å². The van der Waals surface area contributed by atoms with Gasteiger partial charge in [0.05, 0.1) is 36.6 Å². The van der Waals surface area contributed by atoms with Crippen molar-refractivity contribution in [2.45, 2.75) is 11.5 Å². The molecule has 5 heterocycles. The van der Waals surface area contributed by atoms with Crippen molar-refractivity contribution >= 4 is 22.6 Å². The maximum Gasteiger partial charge on any atom is 0.283 e. The Hall–Kier alpha value is -4.40. The molecule has 6 rings (SSSR count). The maximum absolute atomic E-state index is 6.21. The van der Waals surface area contributed by atoms with Gasteiger partial charge < -0.3 is 25.7 Å². The first-order valence-corrected chi connectivity index (χ1v) is 10.4. The molecule has 3 aromatic heterocycles. The second-order valence-corrected chi connectivity index (χ2v) is 7.95. The van der Waals surface area contributed by atoms with E-state index in [2.05, 4.69) is 9.97 Å². The quantitative estimate of drug-likeness (QED) is 0.455. The largest absolute Gasteiger partial charge is 0.495 e. The molecule has 2 aliphatic rings. The lowest BCUT2D eigenvalue weighted by molar-refractivity contribution is 0.185. The number of nitrogens with zero attached hydrogens (tertiary/aromatic N) is 4. The number of rotatable bonds is 2. The Balaban J connectivity index is 1.69. The van der Waals surface area contributed by atoms with Gasteiger partial charge in [-0.2, -0.15) is 0 Å². The number of aromatic nitrogens is 3. The average Bonchev–Trinajstić information content (AvgIpc) is 2.84. The molecule has 0 aliphatic carbocycles. The van der Waals surface area contributed by atoms with E-state index in [-0.39, 0.29) is 18.5 Å². The number of fused-ring (bicyclic) bond motifs is 5. The minimum absolute atomic E-state index is 0.0825. The summed E-state index contributed by atoms with van der Waals surface area (Å²) in [6.07, 6.45) is 6.81. The number of methoxy groups -OCH3 is 1. The van der Waals surface area contributed by atoms with Crippen molar-refractivity contribution in [3.63, 3.8) is 0 Å². The van der Waals surface area contributed by atoms with Crippen molar-refractivity contribution < 1.29 is 14.2 Å². The molecule has 4 aromatic rings. The van der Waals surface area contributed by atoms with Gasteiger partial charge in [0.2, 0.25) is 0 Å². The second-order valence-electron chi connectivity index (χ2n) is 7.95. The van der Waals surface area contributed by atoms with E-state index in [0.29, 0.717) is 22.9 Å². The lowest BCUT2D eigenvalue weighted by atomic mass is 9.70. The Labute approximate surface area is 189 Å². The third kappa shape index (κ3) is 2.78. The van der Waals surface area contributed by atoms with Crippen molar-refractivity contribution in [1.82, 2.24) is 15.0 Å². The van der Waals surface area contributed by atoms with Crippen LogP contribution in [0.2, 0.25) is 0 Å². The molecule has 0 amide bonds. The number of amidine groups is 1. The fourth-order valence-corrected chi connectivity index (χ4v) is 4.75. The zero-order chi connectivity index (χ0) is 22.6. The van der Waals surface area contributed by atoms with Crippen molar-refractivity contribution in [2.24, 2.45) is 10.7 Å². The summed E-state index contributed by atoms with van der Waals surface area (Å²) in [7, 11) is 1.61. The number of hydrogen-bond acceptors (Lipinski definition) is 9. The predicted octanol–water partition coefficient (Wildman–Crippen LogP) is 3.09. The monoisotopic (exact) mass is 440 g/mol. The highest BCUT2D eigenvalue weighted by Gasteiger charge is 2.53. The third-order valence-electron chi connectivity index (χ3n) is 6.19. The van der Waals surface area contributed by atoms with Crippen LogP contribution in [-0.2, 0) is 10.3 Å². The smallest absolute Gasteiger partial charge is 0.283 e. The number of pyridine rings is 3. The highest BCUT2D eigenvalue weighted by Crippen LogP contribution is 2.57. The topological polar surface area (TPSA) is 131 Å². The molecule has 9 heteroatoms. The summed E-state index contributed by atoms with van der Waals surface area (Å²) in [5.74, 6) is 1.51. The van der Waals surface area contributed by atoms with Crippen LogP contribution in [0, 0.1) is 0 Å². The van der Waals surface area contributed by atoms with Crippen LogP contribution in [0.5, 0.6) is 17.2 Å². The molecule has 33 heavy (non-hydrogen) atoms. The molecule has 0 saturated carbocycles. The van der Waals surface area contributed by atoms with E-state index in [4.69, 9.17) is 35.7 Å². The van der Waals surface area contributed by atoms with Gasteiger partial charge in [-0.3, -0.25) is 15.0 Å². The number of ether oxygens (including phenoxy) is 3. The molecular formula is C24H20N6O3. The summed E-state index contributed by atoms with van der Waals surface area (Å²) in [6.45, 7) is 0.241. The molecule has 0 saturated heterocycles. The Morgan fingerprint density at radius 2 is 1.91 bits per heavy atom. The predicted molar refractivity (Wildman–Crippen MR) is 122 cm³/mol. The Bertz CT molecular complexity index is 1440. The van der Waals surface area contributed by atoms with Crippen LogP contribution in [-0.4, -0.2) is 34.7 Å². The van der Waals surface area contributed by atoms with E-state index in [0.717, 1.165) is 27.7 Å². The molecule has 0 fully saturated rings. The van der Waals surface area contributed by atoms with Gasteiger partial charge >= 0.3 is 0 Å². The second kappa shape index (κ2) is 7.06. The summed E-state index contributed by atoms with van der Waals surface area (Å²) < 4.78 is 17.3. The molecule has 2 aliphatic heterocycles. The van der Waals surface area contributed by atoms with Gasteiger partial charge in [0.15, 0.2) is 5.75 Å². The number of anilines is 1. The number of aliphatic imine (C=N–C) groups is 1. The lowest BCUT2D eigenvalue weighted by Gasteiger charge is -2.44. The van der Waals surface area contributed by atoms with Crippen LogP contribution < -0.4 is 20.9 Å². The van der Waals surface area contributed by atoms with Crippen LogP contribution in [0.4, 0.5) is 5.69 Å². The fraction of sp³-hybridized carbons (Fsp3) is 0.167. The number of nitrogen functional groups attached to an aromatic ring is 1. The van der Waals surface area contributed by atoms with E-state index < -0.39 is 5.54 Å². The summed E-state index contributed by atoms with van der Waals surface area (Å²) in [5.41, 5.74) is 15.0. The van der Waals surface area contributed by atoms with Crippen LogP contribution >= 0.6 is 0 Å². The van der Waals surface area contributed by atoms with E-state index in [9.17, 15) is 0 Å². The summed E-state index contributed by atoms with van der Waals surface area (Å²) >= 11 is 0. The summed E-state index contributed by atoms with van der Waals surface area (Å²) in [5, 5.41) is 0.895. The molecule has 9 nitrogen and oxygen atoms in total. The summed E-state index contributed by atoms with van der Waals surface area (Å²) in [4.78, 5) is 18.6. The molecule has 4 N–H and O–H groups in total. The first-order chi connectivity index (χ1) is 16.1. The Kier molecular flexibility index (Phi) is 4.13. The fourth-order valence-electron chi connectivity index (χ4n) is 4.75. The Morgan fingerprint density at radius 1 is 1.00 bits per heavy atom. The highest BCUT2D eigenvalue weighted by atomic mass is 16.5. The van der Waals surface area contributed by atoms with Gasteiger partial charge in [-0.15, -0.1) is 0 Å². The Morgan fingerprint density at radius 3 is 2.79 bits per heavy atom. The van der Waals surface area contributed by atoms with Crippen molar-refractivity contribution in [2.75, 3.05) is 19.5 Å². The van der Waals surface area contributed by atoms with E-state index in [1.54, 1.807) is 38.0 Å². The van der Waals surface area contributed by atoms with Crippen molar-refractivity contribution in [1.29, 1.82) is 0 Å². The minimum atomic E-state index is -0.994. The van der Waals surface area contributed by atoms with E-state index in [1.165, 1.54) is 0 Å². The molecule has 1 spiro atoms. The average molecular weight is 440 g/mol. The summed E-state index contributed by atoms with van der Waals surface area (Å²) in [6, 6.07) is 11.3. The van der Waals surface area contributed by atoms with Gasteiger partial charge in [0, 0.05) is 34.6 Å². The molecule has 2 atom stereocenters. The number of hydrogen-bond donors (Lipinski definition) is 2. The highest BCUT2D eigenvalue weighted by molar-refractivity contribution is 5.83. The molecule has 0 bridgehead atoms. The standard InChI is InChI=1S/C24H20N6O3/c1-31-15-8-13-4-7-28-22(21(13)29-10-15)18-12-32-23(26)30-24(18)16-5-6-27-11-20(16)33-19-3-2-14(25)9-17(19)24/h2-11,18H,12,25H2,1H3,(H2,26,30). The molecule has 1 aromatic carbocycles. The van der Waals surface area contributed by atoms with Gasteiger partial charge in [-0.25, -0.2) is 4.99 Å². The van der Waals surface area contributed by atoms with Crippen molar-refractivity contribution in [3.05, 3.63) is 78.0 Å². The van der Waals surface area contributed by atoms with Crippen molar-refractivity contribution in [3.8, 4) is 17.2 Å². The first-order valence-electron chi connectivity index (χ1n) is 10.4. The van der Waals surface area contributed by atoms with E-state index >= 15 is 0 Å². The molecular weight excluding hydrogens is 420 g/mol. The number of benzene rings is 1. The molecule has 164 valence electrons. The normalized spacial score (nSPS) is 20.9. The first kappa shape index (κ1) is 19.3. The molecule has 2 unspecified atom stereocenters. The maximum atomic E-state index is 6.21. The molecule has 0 radical (unpaired) electrons. The SMILES string of the molecule is COc1cnc2c(C3COC(N)=NC34c3ccncc3Oc3ccc(N)cc34)nccc2c1. The minimum Gasteiger partial charge on any atom is -0.495 e.